The zero-order valence-electron chi connectivity index (χ0n) is 7.78. The zero-order chi connectivity index (χ0) is 9.97. The van der Waals surface area contributed by atoms with Gasteiger partial charge in [0, 0.05) is 8.59 Å². The first-order chi connectivity index (χ1) is 6.77. The van der Waals surface area contributed by atoms with Crippen molar-refractivity contribution < 1.29 is 0 Å². The topological polar surface area (TPSA) is 0 Å². The minimum absolute atomic E-state index is 0. The zero-order valence-corrected chi connectivity index (χ0v) is 13.0. The van der Waals surface area contributed by atoms with E-state index in [9.17, 15) is 0 Å². The molecule has 0 nitrogen and oxygen atoms in total. The minimum Gasteiger partial charge on any atom is -0.107 e. The summed E-state index contributed by atoms with van der Waals surface area (Å²) < 4.78 is 1.26. The third kappa shape index (κ3) is 3.32. The molecule has 2 aromatic rings. The fraction of sp³-hybridized carbons (Fsp3) is 0. The number of rotatable bonds is 1. The molecule has 0 radical (unpaired) electrons. The molecule has 2 aromatic carbocycles. The van der Waals surface area contributed by atoms with Crippen LogP contribution in [0.3, 0.4) is 0 Å². The molecule has 3 heteroatoms. The van der Waals surface area contributed by atoms with E-state index in [1.807, 2.05) is 36.4 Å². The first-order valence-corrected chi connectivity index (χ1v) is 5.73. The van der Waals surface area contributed by atoms with E-state index in [0.717, 1.165) is 5.02 Å². The predicted molar refractivity (Wildman–Crippen MR) is 85.0 cm³/mol. The Balaban J connectivity index is 0.00000112. The minimum atomic E-state index is 0. The van der Waals surface area contributed by atoms with Crippen molar-refractivity contribution in [2.45, 2.75) is 0 Å². The normalized spacial score (nSPS) is 9.47. The summed E-state index contributed by atoms with van der Waals surface area (Å²) >= 11 is 8.18. The summed E-state index contributed by atoms with van der Waals surface area (Å²) in [5.41, 5.74) is 2.46. The van der Waals surface area contributed by atoms with Crippen LogP contribution in [0, 0.1) is 3.57 Å². The van der Waals surface area contributed by atoms with E-state index < -0.39 is 0 Å². The van der Waals surface area contributed by atoms with Gasteiger partial charge in [-0.15, -0.1) is 24.0 Å². The lowest BCUT2D eigenvalue weighted by Gasteiger charge is -2.03. The lowest BCUT2D eigenvalue weighted by Crippen LogP contribution is -1.80. The van der Waals surface area contributed by atoms with Gasteiger partial charge in [0.2, 0.25) is 0 Å². The smallest absolute Gasteiger partial charge is 0.0406 e. The summed E-state index contributed by atoms with van der Waals surface area (Å²) in [7, 11) is 0. The van der Waals surface area contributed by atoms with Gasteiger partial charge < -0.3 is 0 Å². The molecule has 0 aromatic heterocycles. The second kappa shape index (κ2) is 6.06. The maximum Gasteiger partial charge on any atom is 0.0406 e. The molecule has 0 aliphatic heterocycles. The van der Waals surface area contributed by atoms with E-state index in [1.165, 1.54) is 14.7 Å². The van der Waals surface area contributed by atoms with E-state index >= 15 is 0 Å². The number of benzene rings is 2. The molecular formula is C12H9ClI2. The summed E-state index contributed by atoms with van der Waals surface area (Å²) in [4.78, 5) is 0. The molecule has 0 amide bonds. The van der Waals surface area contributed by atoms with Crippen LogP contribution in [-0.4, -0.2) is 0 Å². The molecule has 0 aliphatic rings. The van der Waals surface area contributed by atoms with Crippen LogP contribution in [0.5, 0.6) is 0 Å². The average molecular weight is 442 g/mol. The molecule has 0 saturated carbocycles. The second-order valence-corrected chi connectivity index (χ2v) is 4.59. The molecule has 0 unspecified atom stereocenters. The largest absolute Gasteiger partial charge is 0.107 e. The van der Waals surface area contributed by atoms with Crippen LogP contribution in [0.1, 0.15) is 0 Å². The van der Waals surface area contributed by atoms with Crippen LogP contribution < -0.4 is 0 Å². The number of hydrogen-bond donors (Lipinski definition) is 0. The lowest BCUT2D eigenvalue weighted by atomic mass is 10.1. The Morgan fingerprint density at radius 2 is 1.47 bits per heavy atom. The maximum atomic E-state index is 5.84. The first-order valence-electron chi connectivity index (χ1n) is 4.28. The molecule has 0 fully saturated rings. The maximum absolute atomic E-state index is 5.84. The Labute approximate surface area is 125 Å². The van der Waals surface area contributed by atoms with E-state index in [2.05, 4.69) is 34.7 Å². The van der Waals surface area contributed by atoms with Gasteiger partial charge in [-0.2, -0.15) is 0 Å². The molecule has 0 atom stereocenters. The van der Waals surface area contributed by atoms with Crippen LogP contribution in [0.4, 0.5) is 0 Å². The van der Waals surface area contributed by atoms with E-state index in [0.29, 0.717) is 0 Å². The first kappa shape index (κ1) is 13.3. The van der Waals surface area contributed by atoms with Crippen molar-refractivity contribution in [2.24, 2.45) is 0 Å². The Morgan fingerprint density at radius 3 is 2.07 bits per heavy atom. The Kier molecular flexibility index (Phi) is 5.35. The van der Waals surface area contributed by atoms with Crippen LogP contribution in [0.15, 0.2) is 48.5 Å². The summed E-state index contributed by atoms with van der Waals surface area (Å²) in [6.45, 7) is 0. The van der Waals surface area contributed by atoms with Gasteiger partial charge in [0.1, 0.15) is 0 Å². The Morgan fingerprint density at radius 1 is 0.867 bits per heavy atom. The van der Waals surface area contributed by atoms with Gasteiger partial charge in [-0.1, -0.05) is 41.9 Å². The highest BCUT2D eigenvalue weighted by Crippen LogP contribution is 2.25. The summed E-state index contributed by atoms with van der Waals surface area (Å²) in [6, 6.07) is 16.2. The molecule has 0 N–H and O–H groups in total. The second-order valence-electron chi connectivity index (χ2n) is 2.99. The van der Waals surface area contributed by atoms with Gasteiger partial charge >= 0.3 is 0 Å². The van der Waals surface area contributed by atoms with Gasteiger partial charge in [-0.3, -0.25) is 0 Å². The van der Waals surface area contributed by atoms with Crippen LogP contribution in [0.2, 0.25) is 5.02 Å². The van der Waals surface area contributed by atoms with Gasteiger partial charge in [-0.25, -0.2) is 0 Å². The van der Waals surface area contributed by atoms with Crippen LogP contribution in [-0.2, 0) is 0 Å². The molecule has 15 heavy (non-hydrogen) atoms. The molecule has 0 aliphatic carbocycles. The molecular weight excluding hydrogens is 433 g/mol. The molecule has 0 heterocycles. The standard InChI is InChI=1S/C12H8ClI.HI/c13-10-7-5-9(6-8-10)11-3-1-2-4-12(11)14;/h1-8H;1H. The highest BCUT2D eigenvalue weighted by molar-refractivity contribution is 14.1. The Hall–Kier alpha value is 0.190. The van der Waals surface area contributed by atoms with Gasteiger partial charge in [0.05, 0.1) is 0 Å². The summed E-state index contributed by atoms with van der Waals surface area (Å²) in [6.07, 6.45) is 0. The van der Waals surface area contributed by atoms with Crippen molar-refractivity contribution in [3.8, 4) is 11.1 Å². The molecule has 78 valence electrons. The fourth-order valence-corrected chi connectivity index (χ4v) is 2.15. The van der Waals surface area contributed by atoms with Crippen molar-refractivity contribution >= 4 is 58.2 Å². The molecule has 0 saturated heterocycles. The SMILES string of the molecule is Clc1ccc(-c2ccccc2I)cc1.I. The summed E-state index contributed by atoms with van der Waals surface area (Å²) in [5.74, 6) is 0. The third-order valence-corrected chi connectivity index (χ3v) is 3.22. The van der Waals surface area contributed by atoms with E-state index in [1.54, 1.807) is 0 Å². The van der Waals surface area contributed by atoms with Gasteiger partial charge in [-0.05, 0) is 51.9 Å². The van der Waals surface area contributed by atoms with Crippen molar-refractivity contribution in [1.29, 1.82) is 0 Å². The van der Waals surface area contributed by atoms with Crippen LogP contribution >= 0.6 is 58.2 Å². The average Bonchev–Trinajstić information content (AvgIpc) is 2.20. The lowest BCUT2D eigenvalue weighted by molar-refractivity contribution is 1.58. The van der Waals surface area contributed by atoms with Gasteiger partial charge in [0.15, 0.2) is 0 Å². The van der Waals surface area contributed by atoms with Crippen molar-refractivity contribution in [1.82, 2.24) is 0 Å². The monoisotopic (exact) mass is 442 g/mol. The third-order valence-electron chi connectivity index (χ3n) is 2.03. The quantitative estimate of drug-likeness (QED) is 0.531. The van der Waals surface area contributed by atoms with E-state index in [4.69, 9.17) is 11.6 Å². The molecule has 2 rings (SSSR count). The number of hydrogen-bond acceptors (Lipinski definition) is 0. The van der Waals surface area contributed by atoms with E-state index in [-0.39, 0.29) is 24.0 Å². The van der Waals surface area contributed by atoms with Crippen molar-refractivity contribution in [2.75, 3.05) is 0 Å². The van der Waals surface area contributed by atoms with Crippen molar-refractivity contribution in [3.63, 3.8) is 0 Å². The van der Waals surface area contributed by atoms with Gasteiger partial charge in [0.25, 0.3) is 0 Å². The Bertz CT molecular complexity index is 438. The molecule has 0 spiro atoms. The predicted octanol–water partition coefficient (Wildman–Crippen LogP) is 5.23. The summed E-state index contributed by atoms with van der Waals surface area (Å²) in [5, 5.41) is 0.777. The fourth-order valence-electron chi connectivity index (χ4n) is 1.32. The van der Waals surface area contributed by atoms with Crippen molar-refractivity contribution in [3.05, 3.63) is 57.1 Å². The van der Waals surface area contributed by atoms with Crippen LogP contribution in [0.25, 0.3) is 11.1 Å². The molecule has 0 bridgehead atoms. The number of halogens is 3. The highest BCUT2D eigenvalue weighted by atomic mass is 127. The highest BCUT2D eigenvalue weighted by Gasteiger charge is 2.00.